The van der Waals surface area contributed by atoms with Crippen molar-refractivity contribution < 1.29 is 4.74 Å². The van der Waals surface area contributed by atoms with E-state index in [4.69, 9.17) is 22.1 Å². The molecular weight excluding hydrogens is 284 g/mol. The lowest BCUT2D eigenvalue weighted by Crippen LogP contribution is -2.15. The van der Waals surface area contributed by atoms with Crippen LogP contribution in [0.25, 0.3) is 10.8 Å². The first-order valence-corrected chi connectivity index (χ1v) is 7.01. The van der Waals surface area contributed by atoms with Crippen LogP contribution in [0.2, 0.25) is 5.02 Å². The minimum atomic E-state index is -0.398. The molecule has 4 heteroatoms. The lowest BCUT2D eigenvalue weighted by molar-refractivity contribution is 0.407. The van der Waals surface area contributed by atoms with Crippen LogP contribution in [-0.4, -0.2) is 12.1 Å². The van der Waals surface area contributed by atoms with E-state index < -0.39 is 6.04 Å². The molecule has 0 amide bonds. The zero-order chi connectivity index (χ0) is 14.8. The normalized spacial score (nSPS) is 12.3. The Labute approximate surface area is 128 Å². The van der Waals surface area contributed by atoms with E-state index in [1.807, 2.05) is 42.5 Å². The summed E-state index contributed by atoms with van der Waals surface area (Å²) in [4.78, 5) is 4.46. The van der Waals surface area contributed by atoms with Crippen molar-refractivity contribution in [2.24, 2.45) is 5.73 Å². The molecule has 3 aromatic rings. The molecule has 3 nitrogen and oxygen atoms in total. The van der Waals surface area contributed by atoms with Crippen LogP contribution in [0, 0.1) is 0 Å². The predicted molar refractivity (Wildman–Crippen MR) is 85.8 cm³/mol. The van der Waals surface area contributed by atoms with Gasteiger partial charge in [-0.2, -0.15) is 0 Å². The topological polar surface area (TPSA) is 48.1 Å². The fraction of sp³-hybridized carbons (Fsp3) is 0.118. The van der Waals surface area contributed by atoms with Crippen LogP contribution < -0.4 is 10.5 Å². The summed E-state index contributed by atoms with van der Waals surface area (Å²) in [6.45, 7) is 0. The first kappa shape index (κ1) is 13.9. The molecule has 1 unspecified atom stereocenters. The maximum absolute atomic E-state index is 6.43. The third kappa shape index (κ3) is 2.58. The fourth-order valence-corrected chi connectivity index (χ4v) is 2.67. The molecule has 0 saturated carbocycles. The minimum absolute atomic E-state index is 0.398. The van der Waals surface area contributed by atoms with Gasteiger partial charge in [0.2, 0.25) is 0 Å². The Morgan fingerprint density at radius 3 is 2.76 bits per heavy atom. The molecular formula is C17H15ClN2O. The number of nitrogens with zero attached hydrogens (tertiary/aromatic N) is 1. The maximum Gasteiger partial charge on any atom is 0.124 e. The predicted octanol–water partition coefficient (Wildman–Crippen LogP) is 3.94. The van der Waals surface area contributed by atoms with Crippen molar-refractivity contribution in [2.75, 3.05) is 7.11 Å². The summed E-state index contributed by atoms with van der Waals surface area (Å²) >= 11 is 6.09. The molecule has 2 N–H and O–H groups in total. The number of methoxy groups -OCH3 is 1. The van der Waals surface area contributed by atoms with Crippen molar-refractivity contribution in [3.63, 3.8) is 0 Å². The van der Waals surface area contributed by atoms with E-state index in [9.17, 15) is 0 Å². The Morgan fingerprint density at radius 1 is 1.14 bits per heavy atom. The highest BCUT2D eigenvalue weighted by molar-refractivity contribution is 6.30. The van der Waals surface area contributed by atoms with E-state index in [0.717, 1.165) is 22.0 Å². The summed E-state index contributed by atoms with van der Waals surface area (Å²) in [6, 6.07) is 15.1. The van der Waals surface area contributed by atoms with E-state index in [-0.39, 0.29) is 0 Å². The average molecular weight is 299 g/mol. The van der Waals surface area contributed by atoms with Crippen molar-refractivity contribution in [1.82, 2.24) is 4.98 Å². The van der Waals surface area contributed by atoms with Crippen molar-refractivity contribution in [3.05, 3.63) is 71.0 Å². The highest BCUT2D eigenvalue weighted by Gasteiger charge is 2.18. The van der Waals surface area contributed by atoms with Crippen LogP contribution in [0.15, 0.2) is 54.7 Å². The van der Waals surface area contributed by atoms with E-state index in [2.05, 4.69) is 4.98 Å². The third-order valence-corrected chi connectivity index (χ3v) is 3.76. The molecule has 0 aliphatic carbocycles. The zero-order valence-corrected chi connectivity index (χ0v) is 12.3. The highest BCUT2D eigenvalue weighted by atomic mass is 35.5. The number of hydrogen-bond acceptors (Lipinski definition) is 3. The summed E-state index contributed by atoms with van der Waals surface area (Å²) < 4.78 is 5.39. The van der Waals surface area contributed by atoms with Crippen LogP contribution in [0.5, 0.6) is 5.75 Å². The van der Waals surface area contributed by atoms with Crippen LogP contribution in [0.3, 0.4) is 0 Å². The number of ether oxygens (including phenoxy) is 1. The van der Waals surface area contributed by atoms with Crippen LogP contribution in [0.4, 0.5) is 0 Å². The molecule has 0 aliphatic heterocycles. The van der Waals surface area contributed by atoms with Gasteiger partial charge in [-0.1, -0.05) is 35.9 Å². The Morgan fingerprint density at radius 2 is 1.95 bits per heavy atom. The van der Waals surface area contributed by atoms with Gasteiger partial charge in [0.25, 0.3) is 0 Å². The SMILES string of the molecule is COc1ccc(Cl)cc1C(N)c1nccc2ccccc12. The molecule has 2 aromatic carbocycles. The summed E-state index contributed by atoms with van der Waals surface area (Å²) in [5, 5.41) is 2.77. The molecule has 106 valence electrons. The van der Waals surface area contributed by atoms with Gasteiger partial charge in [0, 0.05) is 22.2 Å². The summed E-state index contributed by atoms with van der Waals surface area (Å²) in [6.07, 6.45) is 1.77. The summed E-state index contributed by atoms with van der Waals surface area (Å²) in [7, 11) is 1.62. The van der Waals surface area contributed by atoms with E-state index in [1.54, 1.807) is 19.4 Å². The second-order valence-corrected chi connectivity index (χ2v) is 5.22. The molecule has 0 spiro atoms. The molecule has 3 rings (SSSR count). The molecule has 1 atom stereocenters. The molecule has 1 heterocycles. The second kappa shape index (κ2) is 5.72. The van der Waals surface area contributed by atoms with Crippen molar-refractivity contribution in [1.29, 1.82) is 0 Å². The number of fused-ring (bicyclic) bond motifs is 1. The first-order chi connectivity index (χ1) is 10.2. The molecule has 1 aromatic heterocycles. The zero-order valence-electron chi connectivity index (χ0n) is 11.6. The molecule has 0 radical (unpaired) electrons. The number of rotatable bonds is 3. The average Bonchev–Trinajstić information content (AvgIpc) is 2.53. The Balaban J connectivity index is 2.17. The maximum atomic E-state index is 6.43. The second-order valence-electron chi connectivity index (χ2n) is 4.78. The molecule has 0 bridgehead atoms. The highest BCUT2D eigenvalue weighted by Crippen LogP contribution is 2.32. The van der Waals surface area contributed by atoms with Gasteiger partial charge in [-0.05, 0) is 29.7 Å². The van der Waals surface area contributed by atoms with E-state index >= 15 is 0 Å². The Kier molecular flexibility index (Phi) is 3.78. The molecule has 0 saturated heterocycles. The van der Waals surface area contributed by atoms with Gasteiger partial charge in [-0.25, -0.2) is 0 Å². The van der Waals surface area contributed by atoms with Gasteiger partial charge < -0.3 is 10.5 Å². The number of pyridine rings is 1. The van der Waals surface area contributed by atoms with Crippen molar-refractivity contribution in [2.45, 2.75) is 6.04 Å². The number of hydrogen-bond donors (Lipinski definition) is 1. The third-order valence-electron chi connectivity index (χ3n) is 3.53. The standard InChI is InChI=1S/C17H15ClN2O/c1-21-15-7-6-12(18)10-14(15)16(19)17-13-5-3-2-4-11(13)8-9-20-17/h2-10,16H,19H2,1H3. The van der Waals surface area contributed by atoms with Crippen LogP contribution in [-0.2, 0) is 0 Å². The minimum Gasteiger partial charge on any atom is -0.496 e. The van der Waals surface area contributed by atoms with Gasteiger partial charge in [0.05, 0.1) is 18.8 Å². The fourth-order valence-electron chi connectivity index (χ4n) is 2.49. The summed E-state index contributed by atoms with van der Waals surface area (Å²) in [5.74, 6) is 0.710. The largest absolute Gasteiger partial charge is 0.496 e. The number of benzene rings is 2. The van der Waals surface area contributed by atoms with Gasteiger partial charge in [0.1, 0.15) is 5.75 Å². The van der Waals surface area contributed by atoms with Gasteiger partial charge in [0.15, 0.2) is 0 Å². The Bertz CT molecular complexity index is 783. The number of nitrogens with two attached hydrogens (primary N) is 1. The van der Waals surface area contributed by atoms with Gasteiger partial charge in [-0.15, -0.1) is 0 Å². The first-order valence-electron chi connectivity index (χ1n) is 6.63. The van der Waals surface area contributed by atoms with Crippen LogP contribution >= 0.6 is 11.6 Å². The van der Waals surface area contributed by atoms with Crippen LogP contribution in [0.1, 0.15) is 17.3 Å². The number of aromatic nitrogens is 1. The van der Waals surface area contributed by atoms with Gasteiger partial charge >= 0.3 is 0 Å². The quantitative estimate of drug-likeness (QED) is 0.796. The summed E-state index contributed by atoms with van der Waals surface area (Å²) in [5.41, 5.74) is 8.07. The molecule has 0 fully saturated rings. The van der Waals surface area contributed by atoms with Crippen molar-refractivity contribution in [3.8, 4) is 5.75 Å². The lowest BCUT2D eigenvalue weighted by atomic mass is 9.98. The monoisotopic (exact) mass is 298 g/mol. The number of halogens is 1. The van der Waals surface area contributed by atoms with E-state index in [1.165, 1.54) is 0 Å². The Hall–Kier alpha value is -2.10. The molecule has 21 heavy (non-hydrogen) atoms. The van der Waals surface area contributed by atoms with Gasteiger partial charge in [-0.3, -0.25) is 4.98 Å². The van der Waals surface area contributed by atoms with Crippen molar-refractivity contribution >= 4 is 22.4 Å². The lowest BCUT2D eigenvalue weighted by Gasteiger charge is -2.17. The smallest absolute Gasteiger partial charge is 0.124 e. The molecule has 0 aliphatic rings. The van der Waals surface area contributed by atoms with E-state index in [0.29, 0.717) is 10.8 Å².